The predicted molar refractivity (Wildman–Crippen MR) is 88.2 cm³/mol. The van der Waals surface area contributed by atoms with Gasteiger partial charge in [-0.3, -0.25) is 0 Å². The summed E-state index contributed by atoms with van der Waals surface area (Å²) in [5.41, 5.74) is 6.79. The van der Waals surface area contributed by atoms with Crippen LogP contribution in [0.15, 0.2) is 47.2 Å². The molecule has 0 aromatic carbocycles. The second-order valence-electron chi connectivity index (χ2n) is 5.98. The van der Waals surface area contributed by atoms with Crippen molar-refractivity contribution >= 4 is 6.03 Å². The fourth-order valence-corrected chi connectivity index (χ4v) is 3.25. The maximum absolute atomic E-state index is 11.7. The number of aromatic nitrogens is 3. The van der Waals surface area contributed by atoms with E-state index in [0.717, 1.165) is 5.76 Å². The molecule has 3 aromatic heterocycles. The average molecular weight is 339 g/mol. The molecule has 8 nitrogen and oxygen atoms in total. The molecule has 4 rings (SSSR count). The minimum absolute atomic E-state index is 0.0365. The normalized spacial score (nSPS) is 16.6. The van der Waals surface area contributed by atoms with Crippen molar-refractivity contribution < 1.29 is 14.3 Å². The number of rotatable bonds is 3. The molecule has 0 aliphatic carbocycles. The third-order valence-electron chi connectivity index (χ3n) is 4.37. The zero-order chi connectivity index (χ0) is 17.4. The van der Waals surface area contributed by atoms with Crippen molar-refractivity contribution in [2.75, 3.05) is 6.54 Å². The third-order valence-corrected chi connectivity index (χ3v) is 4.37. The number of aromatic hydroxyl groups is 1. The summed E-state index contributed by atoms with van der Waals surface area (Å²) in [4.78, 5) is 17.4. The van der Waals surface area contributed by atoms with Gasteiger partial charge in [-0.1, -0.05) is 6.07 Å². The highest BCUT2D eigenvalue weighted by Crippen LogP contribution is 2.37. The first-order valence-electron chi connectivity index (χ1n) is 7.92. The minimum atomic E-state index is -0.512. The molecule has 1 atom stereocenters. The molecule has 1 aliphatic rings. The SMILES string of the molecule is NC(=O)N1Cc2nn(-c3ccccn3)c(O)c2C(Cc2ccco2)C1. The molecule has 3 N–H and O–H groups in total. The zero-order valence-corrected chi connectivity index (χ0v) is 13.4. The van der Waals surface area contributed by atoms with E-state index in [1.54, 1.807) is 24.6 Å². The standard InChI is InChI=1S/C17H17N5O3/c18-17(24)21-9-11(8-12-4-3-7-25-12)15-13(10-21)20-22(16(15)23)14-5-1-2-6-19-14/h1-7,11,23H,8-10H2,(H2,18,24). The van der Waals surface area contributed by atoms with Crippen LogP contribution in [0.1, 0.15) is 22.9 Å². The van der Waals surface area contributed by atoms with Gasteiger partial charge >= 0.3 is 6.03 Å². The number of furan rings is 1. The molecule has 4 heterocycles. The van der Waals surface area contributed by atoms with Crippen LogP contribution in [0, 0.1) is 0 Å². The van der Waals surface area contributed by atoms with Gasteiger partial charge in [-0.05, 0) is 24.3 Å². The third kappa shape index (κ3) is 2.71. The van der Waals surface area contributed by atoms with Gasteiger partial charge in [-0.15, -0.1) is 0 Å². The largest absolute Gasteiger partial charge is 0.493 e. The summed E-state index contributed by atoms with van der Waals surface area (Å²) >= 11 is 0. The van der Waals surface area contributed by atoms with Gasteiger partial charge in [0.25, 0.3) is 0 Å². The number of nitrogens with two attached hydrogens (primary N) is 1. The van der Waals surface area contributed by atoms with E-state index in [0.29, 0.717) is 30.0 Å². The average Bonchev–Trinajstić information content (AvgIpc) is 3.23. The van der Waals surface area contributed by atoms with Crippen LogP contribution in [-0.4, -0.2) is 37.3 Å². The summed E-state index contributed by atoms with van der Waals surface area (Å²) in [5, 5.41) is 15.2. The second-order valence-corrected chi connectivity index (χ2v) is 5.98. The number of hydrogen-bond donors (Lipinski definition) is 2. The van der Waals surface area contributed by atoms with E-state index >= 15 is 0 Å². The predicted octanol–water partition coefficient (Wildman–Crippen LogP) is 1.79. The molecule has 0 spiro atoms. The Labute approximate surface area is 143 Å². The van der Waals surface area contributed by atoms with E-state index in [2.05, 4.69) is 10.1 Å². The van der Waals surface area contributed by atoms with Gasteiger partial charge in [-0.2, -0.15) is 9.78 Å². The first-order chi connectivity index (χ1) is 12.1. The Morgan fingerprint density at radius 1 is 1.36 bits per heavy atom. The van der Waals surface area contributed by atoms with E-state index in [4.69, 9.17) is 10.2 Å². The molecule has 0 bridgehead atoms. The van der Waals surface area contributed by atoms with Crippen molar-refractivity contribution in [3.63, 3.8) is 0 Å². The van der Waals surface area contributed by atoms with Gasteiger partial charge in [0.1, 0.15) is 5.76 Å². The molecule has 1 aliphatic heterocycles. The van der Waals surface area contributed by atoms with Crippen molar-refractivity contribution in [2.45, 2.75) is 18.9 Å². The van der Waals surface area contributed by atoms with Crippen LogP contribution in [0.25, 0.3) is 5.82 Å². The highest BCUT2D eigenvalue weighted by molar-refractivity contribution is 5.72. The lowest BCUT2D eigenvalue weighted by molar-refractivity contribution is 0.193. The Morgan fingerprint density at radius 2 is 2.24 bits per heavy atom. The Hall–Kier alpha value is -3.29. The highest BCUT2D eigenvalue weighted by Gasteiger charge is 2.34. The lowest BCUT2D eigenvalue weighted by atomic mass is 9.90. The zero-order valence-electron chi connectivity index (χ0n) is 13.4. The summed E-state index contributed by atoms with van der Waals surface area (Å²) in [7, 11) is 0. The lowest BCUT2D eigenvalue weighted by Gasteiger charge is -2.30. The summed E-state index contributed by atoms with van der Waals surface area (Å²) < 4.78 is 6.82. The van der Waals surface area contributed by atoms with Crippen LogP contribution in [0.2, 0.25) is 0 Å². The monoisotopic (exact) mass is 339 g/mol. The molecule has 0 saturated heterocycles. The fraction of sp³-hybridized carbons (Fsp3) is 0.235. The van der Waals surface area contributed by atoms with Gasteiger partial charge < -0.3 is 20.2 Å². The Morgan fingerprint density at radius 3 is 2.92 bits per heavy atom. The van der Waals surface area contributed by atoms with Crippen LogP contribution in [-0.2, 0) is 13.0 Å². The molecule has 0 fully saturated rings. The van der Waals surface area contributed by atoms with Gasteiger partial charge in [0, 0.05) is 30.6 Å². The summed E-state index contributed by atoms with van der Waals surface area (Å²) in [5.74, 6) is 1.15. The number of primary amides is 1. The molecule has 3 aromatic rings. The van der Waals surface area contributed by atoms with Crippen molar-refractivity contribution in [3.05, 3.63) is 59.8 Å². The molecule has 8 heteroatoms. The number of pyridine rings is 1. The van der Waals surface area contributed by atoms with Crippen molar-refractivity contribution in [2.24, 2.45) is 5.73 Å². The first kappa shape index (κ1) is 15.3. The Bertz CT molecular complexity index is 889. The Kier molecular flexibility index (Phi) is 3.64. The lowest BCUT2D eigenvalue weighted by Crippen LogP contribution is -2.41. The quantitative estimate of drug-likeness (QED) is 0.756. The minimum Gasteiger partial charge on any atom is -0.493 e. The fourth-order valence-electron chi connectivity index (χ4n) is 3.25. The molecule has 1 unspecified atom stereocenters. The van der Waals surface area contributed by atoms with Crippen molar-refractivity contribution in [3.8, 4) is 11.7 Å². The molecule has 0 saturated carbocycles. The number of amides is 2. The van der Waals surface area contributed by atoms with Crippen molar-refractivity contribution in [1.82, 2.24) is 19.7 Å². The van der Waals surface area contributed by atoms with E-state index < -0.39 is 6.03 Å². The summed E-state index contributed by atoms with van der Waals surface area (Å²) in [6, 6.07) is 8.52. The molecular formula is C17H17N5O3. The van der Waals surface area contributed by atoms with Crippen molar-refractivity contribution in [1.29, 1.82) is 0 Å². The van der Waals surface area contributed by atoms with E-state index in [9.17, 15) is 9.90 Å². The maximum Gasteiger partial charge on any atom is 0.315 e. The number of carbonyl (C=O) groups is 1. The van der Waals surface area contributed by atoms with Gasteiger partial charge in [0.15, 0.2) is 5.82 Å². The topological polar surface area (TPSA) is 110 Å². The maximum atomic E-state index is 11.7. The van der Waals surface area contributed by atoms with Crippen LogP contribution >= 0.6 is 0 Å². The molecule has 128 valence electrons. The second kappa shape index (κ2) is 5.97. The number of nitrogens with zero attached hydrogens (tertiary/aromatic N) is 4. The molecule has 25 heavy (non-hydrogen) atoms. The summed E-state index contributed by atoms with van der Waals surface area (Å²) in [6.07, 6.45) is 3.76. The van der Waals surface area contributed by atoms with Crippen LogP contribution in [0.5, 0.6) is 5.88 Å². The van der Waals surface area contributed by atoms with E-state index in [1.807, 2.05) is 18.2 Å². The van der Waals surface area contributed by atoms with Crippen LogP contribution < -0.4 is 5.73 Å². The van der Waals surface area contributed by atoms with Crippen LogP contribution in [0.4, 0.5) is 4.79 Å². The highest BCUT2D eigenvalue weighted by atomic mass is 16.3. The van der Waals surface area contributed by atoms with Gasteiger partial charge in [0.05, 0.1) is 18.5 Å². The summed E-state index contributed by atoms with van der Waals surface area (Å²) in [6.45, 7) is 0.650. The first-order valence-corrected chi connectivity index (χ1v) is 7.92. The molecule has 2 amide bonds. The van der Waals surface area contributed by atoms with E-state index in [1.165, 1.54) is 9.58 Å². The smallest absolute Gasteiger partial charge is 0.315 e. The van der Waals surface area contributed by atoms with Crippen LogP contribution in [0.3, 0.4) is 0 Å². The number of fused-ring (bicyclic) bond motifs is 1. The number of carbonyl (C=O) groups excluding carboxylic acids is 1. The van der Waals surface area contributed by atoms with Gasteiger partial charge in [0.2, 0.25) is 5.88 Å². The molecule has 0 radical (unpaired) electrons. The van der Waals surface area contributed by atoms with E-state index in [-0.39, 0.29) is 18.3 Å². The number of hydrogen-bond acceptors (Lipinski definition) is 5. The molecular weight excluding hydrogens is 322 g/mol. The Balaban J connectivity index is 1.77. The van der Waals surface area contributed by atoms with Gasteiger partial charge in [-0.25, -0.2) is 9.78 Å². The number of urea groups is 1.